The number of H-pyrrole nitrogens is 1. The smallest absolute Gasteiger partial charge is 0.229 e. The monoisotopic (exact) mass is 367 g/mol. The Hall–Kier alpha value is -2.87. The van der Waals surface area contributed by atoms with Crippen LogP contribution in [0, 0.1) is 0 Å². The minimum absolute atomic E-state index is 0.528. The number of nitrogens with one attached hydrogen (secondary N) is 3. The first kappa shape index (κ1) is 17.5. The molecule has 0 aliphatic carbocycles. The minimum Gasteiger partial charge on any atom is -0.493 e. The lowest BCUT2D eigenvalue weighted by Crippen LogP contribution is -2.21. The van der Waals surface area contributed by atoms with E-state index in [1.165, 1.54) is 25.9 Å². The Bertz CT molecular complexity index is 889. The summed E-state index contributed by atoms with van der Waals surface area (Å²) in [4.78, 5) is 11.2. The molecule has 0 unspecified atom stereocenters. The molecule has 0 radical (unpaired) electrons. The summed E-state index contributed by atoms with van der Waals surface area (Å²) >= 11 is 0. The summed E-state index contributed by atoms with van der Waals surface area (Å²) in [6, 6.07) is 5.77. The lowest BCUT2D eigenvalue weighted by Gasteiger charge is -2.15. The van der Waals surface area contributed by atoms with E-state index in [1.807, 2.05) is 25.2 Å². The molecular weight excluding hydrogens is 342 g/mol. The first-order valence-corrected chi connectivity index (χ1v) is 9.42. The van der Waals surface area contributed by atoms with E-state index in [4.69, 9.17) is 4.74 Å². The summed E-state index contributed by atoms with van der Waals surface area (Å²) in [5.74, 6) is 2.10. The lowest BCUT2D eigenvalue weighted by atomic mass is 10.2. The number of anilines is 3. The second-order valence-corrected chi connectivity index (χ2v) is 6.70. The highest BCUT2D eigenvalue weighted by atomic mass is 16.5. The van der Waals surface area contributed by atoms with Crippen molar-refractivity contribution in [3.05, 3.63) is 30.6 Å². The summed E-state index contributed by atoms with van der Waals surface area (Å²) in [5, 5.41) is 14.4. The van der Waals surface area contributed by atoms with Crippen molar-refractivity contribution in [3.8, 4) is 5.75 Å². The number of benzene rings is 1. The Morgan fingerprint density at radius 2 is 2.15 bits per heavy atom. The van der Waals surface area contributed by atoms with Gasteiger partial charge in [-0.3, -0.25) is 5.10 Å². The molecule has 3 N–H and O–H groups in total. The number of fused-ring (bicyclic) bond motifs is 1. The summed E-state index contributed by atoms with van der Waals surface area (Å²) < 4.78 is 6.08. The average Bonchev–Trinajstić information content (AvgIpc) is 3.37. The van der Waals surface area contributed by atoms with Crippen molar-refractivity contribution >= 4 is 28.4 Å². The van der Waals surface area contributed by atoms with E-state index in [9.17, 15) is 0 Å². The standard InChI is InChI=1S/C19H25N7O/c1-20-18-5-6-21-19(24-18)23-14-11-16-15(13-22-25-16)17(12-14)27-10-4-9-26-7-2-3-8-26/h5-6,11-13H,2-4,7-10H2,1H3,(H,22,25)(H2,20,21,23,24). The third-order valence-electron chi connectivity index (χ3n) is 4.76. The Morgan fingerprint density at radius 3 is 3.00 bits per heavy atom. The SMILES string of the molecule is CNc1ccnc(Nc2cc(OCCCN3CCCC3)c3cn[nH]c3c2)n1. The number of rotatable bonds is 8. The van der Waals surface area contributed by atoms with Crippen molar-refractivity contribution < 1.29 is 4.74 Å². The third kappa shape index (κ3) is 4.28. The Morgan fingerprint density at radius 1 is 1.26 bits per heavy atom. The van der Waals surface area contributed by atoms with Crippen molar-refractivity contribution in [2.45, 2.75) is 19.3 Å². The predicted octanol–water partition coefficient (Wildman–Crippen LogP) is 3.00. The van der Waals surface area contributed by atoms with Gasteiger partial charge in [-0.15, -0.1) is 0 Å². The minimum atomic E-state index is 0.528. The number of hydrogen-bond donors (Lipinski definition) is 3. The zero-order chi connectivity index (χ0) is 18.5. The second kappa shape index (κ2) is 8.22. The fourth-order valence-corrected chi connectivity index (χ4v) is 3.37. The second-order valence-electron chi connectivity index (χ2n) is 6.70. The molecule has 0 amide bonds. The summed E-state index contributed by atoms with van der Waals surface area (Å²) in [5.41, 5.74) is 1.77. The van der Waals surface area contributed by atoms with Gasteiger partial charge in [-0.2, -0.15) is 10.1 Å². The van der Waals surface area contributed by atoms with Crippen LogP contribution in [0.4, 0.5) is 17.5 Å². The zero-order valence-electron chi connectivity index (χ0n) is 15.5. The average molecular weight is 367 g/mol. The maximum Gasteiger partial charge on any atom is 0.229 e. The Labute approximate surface area is 158 Å². The highest BCUT2D eigenvalue weighted by molar-refractivity contribution is 5.88. The molecule has 0 spiro atoms. The normalized spacial score (nSPS) is 14.6. The van der Waals surface area contributed by atoms with Gasteiger partial charge in [0.25, 0.3) is 0 Å². The highest BCUT2D eigenvalue weighted by Crippen LogP contribution is 2.30. The van der Waals surface area contributed by atoms with Gasteiger partial charge in [0.1, 0.15) is 11.6 Å². The van der Waals surface area contributed by atoms with Gasteiger partial charge in [-0.05, 0) is 44.5 Å². The van der Waals surface area contributed by atoms with Gasteiger partial charge in [0.2, 0.25) is 5.95 Å². The van der Waals surface area contributed by atoms with Crippen molar-refractivity contribution in [1.29, 1.82) is 0 Å². The van der Waals surface area contributed by atoms with Crippen LogP contribution >= 0.6 is 0 Å². The fourth-order valence-electron chi connectivity index (χ4n) is 3.37. The molecule has 142 valence electrons. The van der Waals surface area contributed by atoms with Crippen molar-refractivity contribution in [2.75, 3.05) is 43.9 Å². The highest BCUT2D eigenvalue weighted by Gasteiger charge is 2.12. The molecule has 8 heteroatoms. The van der Waals surface area contributed by atoms with Gasteiger partial charge in [0.15, 0.2) is 0 Å². The van der Waals surface area contributed by atoms with Gasteiger partial charge in [-0.25, -0.2) is 4.98 Å². The van der Waals surface area contributed by atoms with Gasteiger partial charge in [0, 0.05) is 31.5 Å². The van der Waals surface area contributed by atoms with Crippen LogP contribution in [0.1, 0.15) is 19.3 Å². The van der Waals surface area contributed by atoms with Crippen LogP contribution in [0.25, 0.3) is 10.9 Å². The molecule has 1 aliphatic rings. The summed E-state index contributed by atoms with van der Waals surface area (Å²) in [6.07, 6.45) is 7.17. The molecule has 1 aromatic carbocycles. The van der Waals surface area contributed by atoms with Gasteiger partial charge in [-0.1, -0.05) is 0 Å². The quantitative estimate of drug-likeness (QED) is 0.527. The first-order chi connectivity index (χ1) is 13.3. The number of ether oxygens (including phenoxy) is 1. The summed E-state index contributed by atoms with van der Waals surface area (Å²) in [7, 11) is 1.83. The van der Waals surface area contributed by atoms with Crippen molar-refractivity contribution in [3.63, 3.8) is 0 Å². The maximum atomic E-state index is 6.08. The van der Waals surface area contributed by atoms with Crippen LogP contribution in [0.2, 0.25) is 0 Å². The van der Waals surface area contributed by atoms with Crippen LogP contribution in [-0.4, -0.2) is 58.4 Å². The summed E-state index contributed by atoms with van der Waals surface area (Å²) in [6.45, 7) is 4.22. The molecule has 0 bridgehead atoms. The molecule has 1 saturated heterocycles. The van der Waals surface area contributed by atoms with Crippen LogP contribution in [0.5, 0.6) is 5.75 Å². The molecule has 0 atom stereocenters. The number of aromatic nitrogens is 4. The maximum absolute atomic E-state index is 6.08. The van der Waals surface area contributed by atoms with Crippen LogP contribution in [-0.2, 0) is 0 Å². The van der Waals surface area contributed by atoms with Crippen LogP contribution in [0.15, 0.2) is 30.6 Å². The van der Waals surface area contributed by atoms with Crippen molar-refractivity contribution in [1.82, 2.24) is 25.1 Å². The number of hydrogen-bond acceptors (Lipinski definition) is 7. The number of aromatic amines is 1. The van der Waals surface area contributed by atoms with Crippen molar-refractivity contribution in [2.24, 2.45) is 0 Å². The molecule has 2 aromatic heterocycles. The van der Waals surface area contributed by atoms with Gasteiger partial charge >= 0.3 is 0 Å². The van der Waals surface area contributed by atoms with E-state index in [0.717, 1.165) is 41.1 Å². The Balaban J connectivity index is 1.45. The molecule has 3 aromatic rings. The van der Waals surface area contributed by atoms with E-state index in [1.54, 1.807) is 12.4 Å². The molecule has 8 nitrogen and oxygen atoms in total. The lowest BCUT2D eigenvalue weighted by molar-refractivity contribution is 0.265. The van der Waals surface area contributed by atoms with E-state index in [2.05, 4.69) is 35.7 Å². The molecule has 27 heavy (non-hydrogen) atoms. The van der Waals surface area contributed by atoms with E-state index in [0.29, 0.717) is 12.6 Å². The van der Waals surface area contributed by atoms with E-state index >= 15 is 0 Å². The van der Waals surface area contributed by atoms with E-state index in [-0.39, 0.29) is 0 Å². The van der Waals surface area contributed by atoms with Crippen LogP contribution < -0.4 is 15.4 Å². The molecule has 3 heterocycles. The number of likely N-dealkylation sites (tertiary alicyclic amines) is 1. The topological polar surface area (TPSA) is 91.0 Å². The molecule has 4 rings (SSSR count). The predicted molar refractivity (Wildman–Crippen MR) is 107 cm³/mol. The van der Waals surface area contributed by atoms with Gasteiger partial charge < -0.3 is 20.3 Å². The fraction of sp³-hybridized carbons (Fsp3) is 0.421. The first-order valence-electron chi connectivity index (χ1n) is 9.42. The number of nitrogens with zero attached hydrogens (tertiary/aromatic N) is 4. The largest absolute Gasteiger partial charge is 0.493 e. The molecule has 1 fully saturated rings. The zero-order valence-corrected chi connectivity index (χ0v) is 15.5. The van der Waals surface area contributed by atoms with Gasteiger partial charge in [0.05, 0.1) is 23.7 Å². The Kier molecular flexibility index (Phi) is 5.34. The van der Waals surface area contributed by atoms with Crippen LogP contribution in [0.3, 0.4) is 0 Å². The third-order valence-corrected chi connectivity index (χ3v) is 4.76. The molecule has 0 saturated carbocycles. The molecule has 1 aliphatic heterocycles. The van der Waals surface area contributed by atoms with E-state index < -0.39 is 0 Å². The molecular formula is C19H25N7O.